The fourth-order valence-electron chi connectivity index (χ4n) is 3.16. The topological polar surface area (TPSA) is 67.7 Å². The second-order valence-electron chi connectivity index (χ2n) is 5.75. The monoisotopic (exact) mass is 314 g/mol. The summed E-state index contributed by atoms with van der Waals surface area (Å²) in [5.41, 5.74) is 4.49. The largest absolute Gasteiger partial charge is 0.623 e. The molecule has 1 aromatic heterocycles. The molecule has 116 valence electrons. The van der Waals surface area contributed by atoms with Gasteiger partial charge in [0.05, 0.1) is 22.9 Å². The van der Waals surface area contributed by atoms with Crippen molar-refractivity contribution in [1.29, 1.82) is 5.26 Å². The third kappa shape index (κ3) is 2.09. The van der Waals surface area contributed by atoms with Crippen LogP contribution >= 0.6 is 0 Å². The van der Waals surface area contributed by atoms with Crippen LogP contribution < -0.4 is 0 Å². The van der Waals surface area contributed by atoms with Gasteiger partial charge in [0.15, 0.2) is 5.82 Å². The van der Waals surface area contributed by atoms with E-state index in [1.165, 1.54) is 0 Å². The van der Waals surface area contributed by atoms with Crippen LogP contribution in [0.3, 0.4) is 0 Å². The molecule has 0 amide bonds. The molecule has 0 aliphatic carbocycles. The summed E-state index contributed by atoms with van der Waals surface area (Å²) in [4.78, 5) is 4.38. The van der Waals surface area contributed by atoms with Crippen LogP contribution in [0, 0.1) is 23.5 Å². The Bertz CT molecular complexity index is 1010. The number of hydroxylamine groups is 1. The minimum atomic E-state index is 0.161. The molecule has 0 unspecified atom stereocenters. The fraction of sp³-hybridized carbons (Fsp3) is 0.105. The molecule has 0 bridgehead atoms. The molecule has 0 N–H and O–H groups in total. The first-order valence-corrected chi connectivity index (χ1v) is 7.64. The highest BCUT2D eigenvalue weighted by molar-refractivity contribution is 6.12. The first-order chi connectivity index (χ1) is 11.7. The van der Waals surface area contributed by atoms with Gasteiger partial charge in [-0.3, -0.25) is 4.57 Å². The van der Waals surface area contributed by atoms with Gasteiger partial charge in [-0.2, -0.15) is 10.0 Å². The van der Waals surface area contributed by atoms with E-state index < -0.39 is 0 Å². The van der Waals surface area contributed by atoms with Crippen LogP contribution in [0.2, 0.25) is 0 Å². The number of hydrogen-bond acceptors (Lipinski definition) is 3. The molecule has 0 fully saturated rings. The van der Waals surface area contributed by atoms with E-state index in [-0.39, 0.29) is 6.54 Å². The summed E-state index contributed by atoms with van der Waals surface area (Å²) in [6, 6.07) is 17.1. The maximum absolute atomic E-state index is 12.9. The van der Waals surface area contributed by atoms with Crippen LogP contribution in [0.5, 0.6) is 0 Å². The zero-order valence-electron chi connectivity index (χ0n) is 13.1. The van der Waals surface area contributed by atoms with E-state index in [0.29, 0.717) is 17.1 Å². The van der Waals surface area contributed by atoms with Crippen molar-refractivity contribution in [2.45, 2.75) is 13.5 Å². The highest BCUT2D eigenvalue weighted by atomic mass is 16.5. The Morgan fingerprint density at radius 3 is 2.75 bits per heavy atom. The van der Waals surface area contributed by atoms with Crippen LogP contribution in [0.4, 0.5) is 0 Å². The number of fused-ring (bicyclic) bond motifs is 3. The third-order valence-electron chi connectivity index (χ3n) is 4.21. The number of aryl methyl sites for hydroxylation is 1. The van der Waals surface area contributed by atoms with E-state index in [4.69, 9.17) is 0 Å². The summed E-state index contributed by atoms with van der Waals surface area (Å²) in [6.07, 6.45) is 1.76. The third-order valence-corrected chi connectivity index (χ3v) is 4.21. The molecule has 5 nitrogen and oxygen atoms in total. The van der Waals surface area contributed by atoms with Crippen LogP contribution in [-0.2, 0) is 6.54 Å². The van der Waals surface area contributed by atoms with Gasteiger partial charge in [-0.1, -0.05) is 18.2 Å². The highest BCUT2D eigenvalue weighted by Gasteiger charge is 2.27. The predicted octanol–water partition coefficient (Wildman–Crippen LogP) is 2.91. The molecule has 0 spiro atoms. The van der Waals surface area contributed by atoms with Crippen molar-refractivity contribution in [2.24, 2.45) is 0 Å². The van der Waals surface area contributed by atoms with Crippen molar-refractivity contribution in [2.75, 3.05) is 0 Å². The summed E-state index contributed by atoms with van der Waals surface area (Å²) in [5, 5.41) is 22.2. The molecule has 0 radical (unpaired) electrons. The quantitative estimate of drug-likeness (QED) is 0.512. The SMILES string of the molecule is Cc1cnc2n1-c1ccc(C#N)cc1C(c1ccccc1)=[N+]([O-])C2. The number of hydrogen-bond donors (Lipinski definition) is 0. The summed E-state index contributed by atoms with van der Waals surface area (Å²) in [7, 11) is 0. The molecule has 1 aliphatic heterocycles. The van der Waals surface area contributed by atoms with Crippen molar-refractivity contribution in [1.82, 2.24) is 9.55 Å². The van der Waals surface area contributed by atoms with Gasteiger partial charge in [0.1, 0.15) is 0 Å². The normalized spacial score (nSPS) is 13.0. The van der Waals surface area contributed by atoms with Crippen molar-refractivity contribution in [3.8, 4) is 11.8 Å². The van der Waals surface area contributed by atoms with E-state index in [2.05, 4.69) is 11.1 Å². The molecule has 5 heteroatoms. The van der Waals surface area contributed by atoms with Crippen molar-refractivity contribution < 1.29 is 4.74 Å². The first kappa shape index (κ1) is 14.2. The van der Waals surface area contributed by atoms with Crippen LogP contribution in [0.15, 0.2) is 54.7 Å². The average Bonchev–Trinajstić information content (AvgIpc) is 2.90. The molecule has 24 heavy (non-hydrogen) atoms. The second-order valence-corrected chi connectivity index (χ2v) is 5.75. The van der Waals surface area contributed by atoms with E-state index in [0.717, 1.165) is 27.2 Å². The molecule has 1 aliphatic rings. The lowest BCUT2D eigenvalue weighted by Crippen LogP contribution is -2.17. The summed E-state index contributed by atoms with van der Waals surface area (Å²) in [6.45, 7) is 2.12. The number of nitriles is 1. The van der Waals surface area contributed by atoms with E-state index in [9.17, 15) is 10.5 Å². The van der Waals surface area contributed by atoms with Gasteiger partial charge >= 0.3 is 0 Å². The first-order valence-electron chi connectivity index (χ1n) is 7.64. The van der Waals surface area contributed by atoms with E-state index >= 15 is 0 Å². The molecule has 0 saturated carbocycles. The van der Waals surface area contributed by atoms with Gasteiger partial charge in [0, 0.05) is 17.5 Å². The Labute approximate surface area is 139 Å². The molecule has 3 aromatic rings. The maximum Gasteiger partial charge on any atom is 0.228 e. The second kappa shape index (κ2) is 5.36. The van der Waals surface area contributed by atoms with Gasteiger partial charge < -0.3 is 5.21 Å². The number of rotatable bonds is 1. The molecule has 0 saturated heterocycles. The Morgan fingerprint density at radius 2 is 2.00 bits per heavy atom. The highest BCUT2D eigenvalue weighted by Crippen LogP contribution is 2.26. The van der Waals surface area contributed by atoms with Gasteiger partial charge in [-0.25, -0.2) is 4.98 Å². The zero-order valence-corrected chi connectivity index (χ0v) is 13.1. The lowest BCUT2D eigenvalue weighted by molar-refractivity contribution is -0.475. The Kier molecular flexibility index (Phi) is 3.17. The van der Waals surface area contributed by atoms with Gasteiger partial charge in [-0.15, -0.1) is 0 Å². The molecule has 2 heterocycles. The lowest BCUT2D eigenvalue weighted by atomic mass is 9.98. The number of imidazole rings is 1. The van der Waals surface area contributed by atoms with Gasteiger partial charge in [-0.05, 0) is 37.3 Å². The van der Waals surface area contributed by atoms with Gasteiger partial charge in [0.2, 0.25) is 12.3 Å². The van der Waals surface area contributed by atoms with E-state index in [1.54, 1.807) is 18.3 Å². The molecular weight excluding hydrogens is 300 g/mol. The van der Waals surface area contributed by atoms with Crippen molar-refractivity contribution >= 4 is 5.71 Å². The minimum Gasteiger partial charge on any atom is -0.623 e. The standard InChI is InChI=1S/C19H14N4O/c1-13-11-21-18-12-22(24)19(15-5-3-2-4-6-15)16-9-14(10-20)7-8-17(16)23(13)18/h2-9,11H,12H2,1H3. The minimum absolute atomic E-state index is 0.161. The molecular formula is C19H14N4O. The lowest BCUT2D eigenvalue weighted by Gasteiger charge is -2.12. The molecule has 4 rings (SSSR count). The number of benzene rings is 2. The maximum atomic E-state index is 12.9. The predicted molar refractivity (Wildman–Crippen MR) is 90.0 cm³/mol. The molecule has 2 aromatic carbocycles. The Hall–Kier alpha value is -3.39. The van der Waals surface area contributed by atoms with E-state index in [1.807, 2.05) is 47.9 Å². The molecule has 0 atom stereocenters. The fourth-order valence-corrected chi connectivity index (χ4v) is 3.16. The summed E-state index contributed by atoms with van der Waals surface area (Å²) < 4.78 is 2.94. The Morgan fingerprint density at radius 1 is 1.21 bits per heavy atom. The summed E-state index contributed by atoms with van der Waals surface area (Å²) in [5.74, 6) is 0.694. The smallest absolute Gasteiger partial charge is 0.228 e. The van der Waals surface area contributed by atoms with Crippen molar-refractivity contribution in [3.63, 3.8) is 0 Å². The Balaban J connectivity index is 2.08. The zero-order chi connectivity index (χ0) is 16.7. The van der Waals surface area contributed by atoms with Crippen LogP contribution in [0.1, 0.15) is 28.2 Å². The van der Waals surface area contributed by atoms with Crippen LogP contribution in [-0.4, -0.2) is 20.0 Å². The average molecular weight is 314 g/mol. The number of aromatic nitrogens is 2. The van der Waals surface area contributed by atoms with Crippen LogP contribution in [0.25, 0.3) is 5.69 Å². The summed E-state index contributed by atoms with van der Waals surface area (Å²) >= 11 is 0. The van der Waals surface area contributed by atoms with Crippen molar-refractivity contribution in [3.05, 3.63) is 88.1 Å². The van der Waals surface area contributed by atoms with Gasteiger partial charge in [0.25, 0.3) is 0 Å². The number of nitrogens with zero attached hydrogens (tertiary/aromatic N) is 4.